The van der Waals surface area contributed by atoms with E-state index in [0.717, 1.165) is 23.7 Å². The molecule has 3 unspecified atom stereocenters. The first-order valence-electron chi connectivity index (χ1n) is 9.23. The molecule has 2 rings (SSSR count). The molecule has 20 heavy (non-hydrogen) atoms. The van der Waals surface area contributed by atoms with Crippen LogP contribution in [0.3, 0.4) is 0 Å². The van der Waals surface area contributed by atoms with Crippen LogP contribution in [0.1, 0.15) is 79.1 Å². The minimum atomic E-state index is 0.513. The number of nitrogens with one attached hydrogen (secondary N) is 1. The molecule has 0 spiro atoms. The van der Waals surface area contributed by atoms with Gasteiger partial charge in [0.25, 0.3) is 0 Å². The number of rotatable bonds is 5. The summed E-state index contributed by atoms with van der Waals surface area (Å²) in [5.41, 5.74) is 0.513. The average molecular weight is 280 g/mol. The molecule has 2 aliphatic carbocycles. The van der Waals surface area contributed by atoms with Crippen LogP contribution in [0.15, 0.2) is 0 Å². The van der Waals surface area contributed by atoms with Crippen molar-refractivity contribution in [3.8, 4) is 0 Å². The molecule has 0 heterocycles. The Kier molecular flexibility index (Phi) is 5.95. The van der Waals surface area contributed by atoms with Gasteiger partial charge in [-0.05, 0) is 67.9 Å². The van der Waals surface area contributed by atoms with Crippen molar-refractivity contribution in [3.63, 3.8) is 0 Å². The van der Waals surface area contributed by atoms with Crippen molar-refractivity contribution in [2.75, 3.05) is 13.1 Å². The molecular weight excluding hydrogens is 242 g/mol. The lowest BCUT2D eigenvalue weighted by Crippen LogP contribution is -2.39. The van der Waals surface area contributed by atoms with E-state index in [1.807, 2.05) is 0 Å². The third-order valence-corrected chi connectivity index (χ3v) is 6.11. The van der Waals surface area contributed by atoms with Gasteiger partial charge in [0.2, 0.25) is 0 Å². The molecule has 2 saturated carbocycles. The monoisotopic (exact) mass is 279 g/mol. The second-order valence-electron chi connectivity index (χ2n) is 8.55. The van der Waals surface area contributed by atoms with Gasteiger partial charge in [0.1, 0.15) is 0 Å². The van der Waals surface area contributed by atoms with Crippen LogP contribution < -0.4 is 5.32 Å². The zero-order chi connectivity index (χ0) is 14.6. The topological polar surface area (TPSA) is 12.0 Å². The lowest BCUT2D eigenvalue weighted by molar-refractivity contribution is 0.0649. The van der Waals surface area contributed by atoms with Gasteiger partial charge >= 0.3 is 0 Å². The zero-order valence-electron chi connectivity index (χ0n) is 14.4. The molecule has 1 N–H and O–H groups in total. The van der Waals surface area contributed by atoms with Gasteiger partial charge in [-0.3, -0.25) is 0 Å². The lowest BCUT2D eigenvalue weighted by atomic mass is 9.62. The van der Waals surface area contributed by atoms with Gasteiger partial charge in [-0.15, -0.1) is 0 Å². The smallest absolute Gasteiger partial charge is 0.00178 e. The number of hydrogen-bond donors (Lipinski definition) is 1. The maximum atomic E-state index is 3.71. The summed E-state index contributed by atoms with van der Waals surface area (Å²) in [6.07, 6.45) is 11.7. The summed E-state index contributed by atoms with van der Waals surface area (Å²) in [5.74, 6) is 3.98. The first-order valence-corrected chi connectivity index (χ1v) is 9.23. The molecule has 1 nitrogen and oxygen atoms in total. The van der Waals surface area contributed by atoms with E-state index in [1.165, 1.54) is 64.5 Å². The van der Waals surface area contributed by atoms with Crippen LogP contribution in [0, 0.1) is 29.1 Å². The van der Waals surface area contributed by atoms with E-state index >= 15 is 0 Å². The fourth-order valence-corrected chi connectivity index (χ4v) is 4.74. The highest BCUT2D eigenvalue weighted by molar-refractivity contribution is 4.90. The van der Waals surface area contributed by atoms with Crippen molar-refractivity contribution in [1.82, 2.24) is 5.32 Å². The highest BCUT2D eigenvalue weighted by Gasteiger charge is 2.39. The van der Waals surface area contributed by atoms with Crippen molar-refractivity contribution >= 4 is 0 Å². The molecule has 118 valence electrons. The molecule has 0 aromatic heterocycles. The van der Waals surface area contributed by atoms with E-state index in [0.29, 0.717) is 5.41 Å². The van der Waals surface area contributed by atoms with Crippen LogP contribution in [0.5, 0.6) is 0 Å². The Morgan fingerprint density at radius 1 is 1.00 bits per heavy atom. The van der Waals surface area contributed by atoms with Gasteiger partial charge in [0.15, 0.2) is 0 Å². The van der Waals surface area contributed by atoms with Crippen LogP contribution in [0.25, 0.3) is 0 Å². The normalized spacial score (nSPS) is 32.7. The van der Waals surface area contributed by atoms with Crippen LogP contribution >= 0.6 is 0 Å². The van der Waals surface area contributed by atoms with E-state index in [1.54, 1.807) is 0 Å². The summed E-state index contributed by atoms with van der Waals surface area (Å²) in [7, 11) is 0. The third-order valence-electron chi connectivity index (χ3n) is 6.11. The maximum absolute atomic E-state index is 3.71. The van der Waals surface area contributed by atoms with Gasteiger partial charge in [-0.25, -0.2) is 0 Å². The SMILES string of the molecule is CCCNCC1CCC(C(C)(C)C)CC1C1CCCC1. The van der Waals surface area contributed by atoms with Gasteiger partial charge in [0, 0.05) is 0 Å². The summed E-state index contributed by atoms with van der Waals surface area (Å²) in [6, 6.07) is 0. The molecule has 0 bridgehead atoms. The van der Waals surface area contributed by atoms with E-state index in [9.17, 15) is 0 Å². The molecule has 1 heteroatoms. The molecule has 0 amide bonds. The zero-order valence-corrected chi connectivity index (χ0v) is 14.4. The maximum Gasteiger partial charge on any atom is -0.00178 e. The van der Waals surface area contributed by atoms with Crippen molar-refractivity contribution in [3.05, 3.63) is 0 Å². The van der Waals surface area contributed by atoms with Crippen molar-refractivity contribution in [2.45, 2.75) is 79.1 Å². The van der Waals surface area contributed by atoms with E-state index < -0.39 is 0 Å². The summed E-state index contributed by atoms with van der Waals surface area (Å²) < 4.78 is 0. The Morgan fingerprint density at radius 3 is 2.30 bits per heavy atom. The first kappa shape index (κ1) is 16.3. The fraction of sp³-hybridized carbons (Fsp3) is 1.00. The highest BCUT2D eigenvalue weighted by atomic mass is 14.9. The van der Waals surface area contributed by atoms with E-state index in [4.69, 9.17) is 0 Å². The van der Waals surface area contributed by atoms with Gasteiger partial charge in [-0.1, -0.05) is 53.4 Å². The largest absolute Gasteiger partial charge is 0.316 e. The summed E-state index contributed by atoms with van der Waals surface area (Å²) in [5, 5.41) is 3.71. The standard InChI is InChI=1S/C19H37N/c1-5-12-20-14-16-10-11-17(19(2,3)4)13-18(16)15-8-6-7-9-15/h15-18,20H,5-14H2,1-4H3. The van der Waals surface area contributed by atoms with Gasteiger partial charge < -0.3 is 5.32 Å². The van der Waals surface area contributed by atoms with Crippen LogP contribution in [0.2, 0.25) is 0 Å². The molecule has 0 radical (unpaired) electrons. The second-order valence-corrected chi connectivity index (χ2v) is 8.55. The lowest BCUT2D eigenvalue weighted by Gasteiger charge is -2.44. The Bertz CT molecular complexity index is 272. The Balaban J connectivity index is 1.96. The third kappa shape index (κ3) is 4.23. The van der Waals surface area contributed by atoms with Crippen molar-refractivity contribution in [2.24, 2.45) is 29.1 Å². The molecule has 2 fully saturated rings. The molecule has 0 aromatic rings. The molecule has 0 aromatic carbocycles. The van der Waals surface area contributed by atoms with E-state index in [2.05, 4.69) is 33.0 Å². The minimum absolute atomic E-state index is 0.513. The highest BCUT2D eigenvalue weighted by Crippen LogP contribution is 2.48. The van der Waals surface area contributed by atoms with Crippen LogP contribution in [-0.2, 0) is 0 Å². The Hall–Kier alpha value is -0.0400. The minimum Gasteiger partial charge on any atom is -0.316 e. The molecule has 2 aliphatic rings. The quantitative estimate of drug-likeness (QED) is 0.677. The van der Waals surface area contributed by atoms with Crippen molar-refractivity contribution < 1.29 is 0 Å². The molecule has 0 aliphatic heterocycles. The molecule has 3 atom stereocenters. The second kappa shape index (κ2) is 7.29. The average Bonchev–Trinajstić information content (AvgIpc) is 2.92. The fourth-order valence-electron chi connectivity index (χ4n) is 4.74. The Labute approximate surface area is 127 Å². The van der Waals surface area contributed by atoms with E-state index in [-0.39, 0.29) is 0 Å². The van der Waals surface area contributed by atoms with Gasteiger partial charge in [-0.2, -0.15) is 0 Å². The predicted octanol–water partition coefficient (Wildman–Crippen LogP) is 5.25. The van der Waals surface area contributed by atoms with Gasteiger partial charge in [0.05, 0.1) is 0 Å². The molecule has 0 saturated heterocycles. The summed E-state index contributed by atoms with van der Waals surface area (Å²) >= 11 is 0. The predicted molar refractivity (Wildman–Crippen MR) is 88.9 cm³/mol. The van der Waals surface area contributed by atoms with Crippen LogP contribution in [0.4, 0.5) is 0 Å². The summed E-state index contributed by atoms with van der Waals surface area (Å²) in [6.45, 7) is 12.1. The Morgan fingerprint density at radius 2 is 1.70 bits per heavy atom. The van der Waals surface area contributed by atoms with Crippen molar-refractivity contribution in [1.29, 1.82) is 0 Å². The summed E-state index contributed by atoms with van der Waals surface area (Å²) in [4.78, 5) is 0. The van der Waals surface area contributed by atoms with Crippen LogP contribution in [-0.4, -0.2) is 13.1 Å². The molecular formula is C19H37N. The first-order chi connectivity index (χ1) is 9.52. The number of hydrogen-bond acceptors (Lipinski definition) is 1.